The number of anilines is 1. The van der Waals surface area contributed by atoms with Crippen molar-refractivity contribution in [3.8, 4) is 11.8 Å². The molecule has 0 aromatic heterocycles. The fourth-order valence-electron chi connectivity index (χ4n) is 1.98. The van der Waals surface area contributed by atoms with E-state index in [-0.39, 0.29) is 5.91 Å². The van der Waals surface area contributed by atoms with Crippen LogP contribution in [0.1, 0.15) is 27.0 Å². The Labute approximate surface area is 125 Å². The zero-order chi connectivity index (χ0) is 15.2. The van der Waals surface area contributed by atoms with E-state index in [1.807, 2.05) is 50.2 Å². The summed E-state index contributed by atoms with van der Waals surface area (Å²) in [5, 5.41) is 2.88. The molecule has 2 aromatic rings. The lowest BCUT2D eigenvalue weighted by Gasteiger charge is -2.07. The van der Waals surface area contributed by atoms with Gasteiger partial charge in [-0.1, -0.05) is 29.5 Å². The number of aryl methyl sites for hydroxylation is 2. The summed E-state index contributed by atoms with van der Waals surface area (Å²) in [5.41, 5.74) is 9.70. The Morgan fingerprint density at radius 3 is 2.48 bits per heavy atom. The zero-order valence-corrected chi connectivity index (χ0v) is 12.2. The summed E-state index contributed by atoms with van der Waals surface area (Å²) in [6.45, 7) is 4.25. The van der Waals surface area contributed by atoms with Gasteiger partial charge in [0.1, 0.15) is 0 Å². The Bertz CT molecular complexity index is 706. The van der Waals surface area contributed by atoms with E-state index >= 15 is 0 Å². The fourth-order valence-corrected chi connectivity index (χ4v) is 1.98. The van der Waals surface area contributed by atoms with Crippen LogP contribution >= 0.6 is 0 Å². The summed E-state index contributed by atoms with van der Waals surface area (Å²) in [5.74, 6) is 5.62. The number of nitrogens with two attached hydrogens (primary N) is 1. The van der Waals surface area contributed by atoms with Crippen LogP contribution in [-0.2, 0) is 0 Å². The molecule has 0 saturated heterocycles. The number of hydrogen-bond acceptors (Lipinski definition) is 2. The van der Waals surface area contributed by atoms with Gasteiger partial charge in [0.15, 0.2) is 0 Å². The molecule has 2 rings (SSSR count). The van der Waals surface area contributed by atoms with E-state index in [1.165, 1.54) is 0 Å². The van der Waals surface area contributed by atoms with E-state index < -0.39 is 0 Å². The van der Waals surface area contributed by atoms with Crippen LogP contribution in [0.5, 0.6) is 0 Å². The van der Waals surface area contributed by atoms with Crippen molar-refractivity contribution >= 4 is 11.6 Å². The van der Waals surface area contributed by atoms with Gasteiger partial charge in [0.25, 0.3) is 5.91 Å². The summed E-state index contributed by atoms with van der Waals surface area (Å²) >= 11 is 0. The minimum atomic E-state index is -0.140. The molecule has 21 heavy (non-hydrogen) atoms. The average molecular weight is 278 g/mol. The van der Waals surface area contributed by atoms with Crippen LogP contribution in [0, 0.1) is 25.7 Å². The van der Waals surface area contributed by atoms with E-state index in [0.717, 1.165) is 22.4 Å². The van der Waals surface area contributed by atoms with Gasteiger partial charge < -0.3 is 11.1 Å². The summed E-state index contributed by atoms with van der Waals surface area (Å²) in [7, 11) is 0. The third kappa shape index (κ3) is 4.20. The topological polar surface area (TPSA) is 55.1 Å². The summed E-state index contributed by atoms with van der Waals surface area (Å²) in [6, 6.07) is 13.3. The molecule has 0 fully saturated rings. The van der Waals surface area contributed by atoms with Crippen molar-refractivity contribution < 1.29 is 4.79 Å². The normalized spacial score (nSPS) is 9.67. The van der Waals surface area contributed by atoms with Crippen molar-refractivity contribution in [2.24, 2.45) is 5.73 Å². The number of carbonyl (C=O) groups excluding carboxylic acids is 1. The molecule has 0 saturated carbocycles. The van der Waals surface area contributed by atoms with Gasteiger partial charge in [0.2, 0.25) is 0 Å². The maximum absolute atomic E-state index is 12.3. The van der Waals surface area contributed by atoms with Gasteiger partial charge in [-0.15, -0.1) is 0 Å². The second-order valence-corrected chi connectivity index (χ2v) is 4.91. The Morgan fingerprint density at radius 1 is 1.10 bits per heavy atom. The number of rotatable bonds is 2. The molecule has 2 aromatic carbocycles. The SMILES string of the molecule is Cc1ccc(NC(=O)c2cc(C)cc(C#CCN)c2)cc1. The van der Waals surface area contributed by atoms with Crippen molar-refractivity contribution in [1.82, 2.24) is 0 Å². The van der Waals surface area contributed by atoms with E-state index in [4.69, 9.17) is 5.73 Å². The van der Waals surface area contributed by atoms with Gasteiger partial charge >= 0.3 is 0 Å². The van der Waals surface area contributed by atoms with Crippen molar-refractivity contribution in [3.05, 3.63) is 64.7 Å². The highest BCUT2D eigenvalue weighted by Gasteiger charge is 2.07. The number of hydrogen-bond donors (Lipinski definition) is 2. The number of nitrogens with one attached hydrogen (secondary N) is 1. The molecule has 3 N–H and O–H groups in total. The second-order valence-electron chi connectivity index (χ2n) is 4.91. The van der Waals surface area contributed by atoms with Crippen LogP contribution in [0.4, 0.5) is 5.69 Å². The van der Waals surface area contributed by atoms with E-state index in [1.54, 1.807) is 6.07 Å². The summed E-state index contributed by atoms with van der Waals surface area (Å²) < 4.78 is 0. The quantitative estimate of drug-likeness (QED) is 0.830. The molecule has 0 atom stereocenters. The van der Waals surface area contributed by atoms with Crippen LogP contribution in [0.2, 0.25) is 0 Å². The minimum Gasteiger partial charge on any atom is -0.322 e. The predicted octanol–water partition coefficient (Wildman–Crippen LogP) is 2.87. The molecule has 0 unspecified atom stereocenters. The number of carbonyl (C=O) groups is 1. The molecule has 0 aliphatic heterocycles. The maximum Gasteiger partial charge on any atom is 0.255 e. The molecule has 0 bridgehead atoms. The highest BCUT2D eigenvalue weighted by molar-refractivity contribution is 6.04. The lowest BCUT2D eigenvalue weighted by Crippen LogP contribution is -2.12. The van der Waals surface area contributed by atoms with Crippen molar-refractivity contribution in [1.29, 1.82) is 0 Å². The van der Waals surface area contributed by atoms with Gasteiger partial charge in [-0.2, -0.15) is 0 Å². The molecular weight excluding hydrogens is 260 g/mol. The molecule has 0 aliphatic carbocycles. The smallest absolute Gasteiger partial charge is 0.255 e. The Hall–Kier alpha value is -2.57. The first kappa shape index (κ1) is 14.8. The van der Waals surface area contributed by atoms with Gasteiger partial charge in [-0.05, 0) is 49.7 Å². The van der Waals surface area contributed by atoms with Crippen LogP contribution in [-0.4, -0.2) is 12.5 Å². The Morgan fingerprint density at radius 2 is 1.81 bits per heavy atom. The first-order valence-electron chi connectivity index (χ1n) is 6.77. The highest BCUT2D eigenvalue weighted by Crippen LogP contribution is 2.13. The standard InChI is InChI=1S/C18H18N2O/c1-13-5-7-17(8-6-13)20-18(21)16-11-14(2)10-15(12-16)4-3-9-19/h5-8,10-12H,9,19H2,1-2H3,(H,20,21). The second kappa shape index (κ2) is 6.74. The average Bonchev–Trinajstić information content (AvgIpc) is 2.47. The highest BCUT2D eigenvalue weighted by atomic mass is 16.1. The predicted molar refractivity (Wildman–Crippen MR) is 86.2 cm³/mol. The summed E-state index contributed by atoms with van der Waals surface area (Å²) in [6.07, 6.45) is 0. The van der Waals surface area contributed by atoms with Crippen molar-refractivity contribution in [2.45, 2.75) is 13.8 Å². The molecule has 0 radical (unpaired) electrons. The molecule has 106 valence electrons. The zero-order valence-electron chi connectivity index (χ0n) is 12.2. The number of amides is 1. The van der Waals surface area contributed by atoms with E-state index in [0.29, 0.717) is 12.1 Å². The van der Waals surface area contributed by atoms with Crippen LogP contribution in [0.15, 0.2) is 42.5 Å². The van der Waals surface area contributed by atoms with Gasteiger partial charge in [0, 0.05) is 16.8 Å². The lowest BCUT2D eigenvalue weighted by molar-refractivity contribution is 0.102. The maximum atomic E-state index is 12.3. The molecular formula is C18H18N2O. The monoisotopic (exact) mass is 278 g/mol. The molecule has 3 nitrogen and oxygen atoms in total. The van der Waals surface area contributed by atoms with Crippen molar-refractivity contribution in [3.63, 3.8) is 0 Å². The third-order valence-electron chi connectivity index (χ3n) is 2.98. The van der Waals surface area contributed by atoms with E-state index in [9.17, 15) is 4.79 Å². The van der Waals surface area contributed by atoms with Crippen LogP contribution < -0.4 is 11.1 Å². The minimum absolute atomic E-state index is 0.140. The molecule has 0 heterocycles. The van der Waals surface area contributed by atoms with Crippen LogP contribution in [0.25, 0.3) is 0 Å². The van der Waals surface area contributed by atoms with Gasteiger partial charge in [-0.25, -0.2) is 0 Å². The number of benzene rings is 2. The van der Waals surface area contributed by atoms with E-state index in [2.05, 4.69) is 17.2 Å². The van der Waals surface area contributed by atoms with Gasteiger partial charge in [-0.3, -0.25) is 4.79 Å². The molecule has 1 amide bonds. The Balaban J connectivity index is 2.22. The molecule has 0 aliphatic rings. The first-order valence-corrected chi connectivity index (χ1v) is 6.77. The Kier molecular flexibility index (Phi) is 4.76. The third-order valence-corrected chi connectivity index (χ3v) is 2.98. The van der Waals surface area contributed by atoms with Crippen molar-refractivity contribution in [2.75, 3.05) is 11.9 Å². The van der Waals surface area contributed by atoms with Gasteiger partial charge in [0.05, 0.1) is 6.54 Å². The van der Waals surface area contributed by atoms with Crippen LogP contribution in [0.3, 0.4) is 0 Å². The lowest BCUT2D eigenvalue weighted by atomic mass is 10.1. The largest absolute Gasteiger partial charge is 0.322 e. The molecule has 0 spiro atoms. The first-order chi connectivity index (χ1) is 10.1. The fraction of sp³-hybridized carbons (Fsp3) is 0.167. The summed E-state index contributed by atoms with van der Waals surface area (Å²) in [4.78, 5) is 12.3. The molecule has 3 heteroatoms.